The highest BCUT2D eigenvalue weighted by atomic mass is 127. The average Bonchev–Trinajstić information content (AvgIpc) is 3.17. The summed E-state index contributed by atoms with van der Waals surface area (Å²) < 4.78 is 5.59. The van der Waals surface area contributed by atoms with Crippen LogP contribution in [0.2, 0.25) is 0 Å². The van der Waals surface area contributed by atoms with Gasteiger partial charge in [0.25, 0.3) is 0 Å². The molecule has 0 amide bonds. The number of nitrogens with zero attached hydrogens (tertiary/aromatic N) is 1. The molecule has 4 nitrogen and oxygen atoms in total. The van der Waals surface area contributed by atoms with Gasteiger partial charge in [0.1, 0.15) is 0 Å². The van der Waals surface area contributed by atoms with E-state index in [0.717, 1.165) is 51.0 Å². The molecule has 0 aliphatic heterocycles. The number of aliphatic imine (C=N–C) groups is 1. The average molecular weight is 383 g/mol. The zero-order valence-corrected chi connectivity index (χ0v) is 14.9. The minimum absolute atomic E-state index is 0. The molecule has 1 saturated carbocycles. The number of halogens is 1. The fraction of sp³-hybridized carbons (Fsp3) is 0.929. The first kappa shape index (κ1) is 19.0. The van der Waals surface area contributed by atoms with Gasteiger partial charge in [0.05, 0.1) is 0 Å². The van der Waals surface area contributed by atoms with Gasteiger partial charge < -0.3 is 15.4 Å². The first-order valence-corrected chi connectivity index (χ1v) is 7.38. The van der Waals surface area contributed by atoms with Crippen molar-refractivity contribution >= 4 is 29.9 Å². The number of guanidine groups is 1. The molecule has 1 atom stereocenters. The summed E-state index contributed by atoms with van der Waals surface area (Å²) in [6.45, 7) is 9.96. The van der Waals surface area contributed by atoms with E-state index >= 15 is 0 Å². The third kappa shape index (κ3) is 10.4. The number of hydrogen-bond acceptors (Lipinski definition) is 2. The first-order valence-electron chi connectivity index (χ1n) is 7.38. The molecule has 1 unspecified atom stereocenters. The van der Waals surface area contributed by atoms with E-state index in [1.165, 1.54) is 12.8 Å². The summed E-state index contributed by atoms with van der Waals surface area (Å²) in [5.41, 5.74) is 0. The summed E-state index contributed by atoms with van der Waals surface area (Å²) in [6, 6.07) is 0.467. The highest BCUT2D eigenvalue weighted by molar-refractivity contribution is 14.0. The maximum absolute atomic E-state index is 5.59. The van der Waals surface area contributed by atoms with Crippen LogP contribution in [0.3, 0.4) is 0 Å². The second-order valence-electron chi connectivity index (χ2n) is 5.09. The van der Waals surface area contributed by atoms with Crippen LogP contribution in [-0.2, 0) is 4.74 Å². The van der Waals surface area contributed by atoms with E-state index in [-0.39, 0.29) is 24.0 Å². The van der Waals surface area contributed by atoms with Crippen molar-refractivity contribution in [3.05, 3.63) is 0 Å². The third-order valence-electron chi connectivity index (χ3n) is 3.11. The van der Waals surface area contributed by atoms with Crippen molar-refractivity contribution < 1.29 is 4.74 Å². The van der Waals surface area contributed by atoms with E-state index in [1.807, 2.05) is 0 Å². The van der Waals surface area contributed by atoms with Gasteiger partial charge in [-0.05, 0) is 45.4 Å². The Morgan fingerprint density at radius 2 is 2.11 bits per heavy atom. The molecule has 5 heteroatoms. The van der Waals surface area contributed by atoms with Crippen molar-refractivity contribution in [1.82, 2.24) is 10.6 Å². The third-order valence-corrected chi connectivity index (χ3v) is 3.11. The second kappa shape index (κ2) is 11.8. The van der Waals surface area contributed by atoms with Crippen molar-refractivity contribution in [2.75, 3.05) is 26.3 Å². The highest BCUT2D eigenvalue weighted by Gasteiger charge is 2.20. The molecule has 2 N–H and O–H groups in total. The minimum atomic E-state index is 0. The SMILES string of the molecule is CCNC(=NCCCOCC1CC1)NC(C)CC.I. The topological polar surface area (TPSA) is 45.7 Å². The molecule has 0 aromatic heterocycles. The number of hydrogen-bond donors (Lipinski definition) is 2. The Morgan fingerprint density at radius 3 is 2.68 bits per heavy atom. The Kier molecular flexibility index (Phi) is 11.7. The summed E-state index contributed by atoms with van der Waals surface area (Å²) >= 11 is 0. The summed E-state index contributed by atoms with van der Waals surface area (Å²) in [7, 11) is 0. The molecule has 114 valence electrons. The second-order valence-corrected chi connectivity index (χ2v) is 5.09. The van der Waals surface area contributed by atoms with Crippen molar-refractivity contribution in [1.29, 1.82) is 0 Å². The van der Waals surface area contributed by atoms with E-state index in [9.17, 15) is 0 Å². The van der Waals surface area contributed by atoms with E-state index < -0.39 is 0 Å². The predicted molar refractivity (Wildman–Crippen MR) is 92.4 cm³/mol. The van der Waals surface area contributed by atoms with Crippen LogP contribution in [0.1, 0.15) is 46.5 Å². The molecule has 0 radical (unpaired) electrons. The molecule has 1 fully saturated rings. The smallest absolute Gasteiger partial charge is 0.191 e. The molecular formula is C14H30IN3O. The van der Waals surface area contributed by atoms with Gasteiger partial charge in [0.15, 0.2) is 5.96 Å². The summed E-state index contributed by atoms with van der Waals surface area (Å²) in [4.78, 5) is 4.55. The fourth-order valence-corrected chi connectivity index (χ4v) is 1.55. The minimum Gasteiger partial charge on any atom is -0.381 e. The predicted octanol–water partition coefficient (Wildman–Crippen LogP) is 2.77. The Balaban J connectivity index is 0.00000324. The van der Waals surface area contributed by atoms with Crippen molar-refractivity contribution in [3.63, 3.8) is 0 Å². The van der Waals surface area contributed by atoms with Crippen LogP contribution in [0.4, 0.5) is 0 Å². The lowest BCUT2D eigenvalue weighted by molar-refractivity contribution is 0.123. The molecule has 0 heterocycles. The Bertz CT molecular complexity index is 245. The van der Waals surface area contributed by atoms with Gasteiger partial charge in [-0.25, -0.2) is 0 Å². The van der Waals surface area contributed by atoms with E-state index in [2.05, 4.69) is 36.4 Å². The zero-order valence-electron chi connectivity index (χ0n) is 12.6. The Labute approximate surface area is 135 Å². The van der Waals surface area contributed by atoms with Crippen LogP contribution in [0.15, 0.2) is 4.99 Å². The van der Waals surface area contributed by atoms with Gasteiger partial charge in [0, 0.05) is 32.3 Å². The molecular weight excluding hydrogens is 353 g/mol. The van der Waals surface area contributed by atoms with Crippen LogP contribution in [0, 0.1) is 5.92 Å². The molecule has 1 rings (SSSR count). The normalized spacial score (nSPS) is 16.7. The Morgan fingerprint density at radius 1 is 1.37 bits per heavy atom. The molecule has 1 aliphatic carbocycles. The quantitative estimate of drug-likeness (QED) is 0.279. The van der Waals surface area contributed by atoms with Crippen LogP contribution in [0.5, 0.6) is 0 Å². The summed E-state index contributed by atoms with van der Waals surface area (Å²) in [5, 5.41) is 6.65. The van der Waals surface area contributed by atoms with E-state index in [0.29, 0.717) is 6.04 Å². The van der Waals surface area contributed by atoms with Crippen LogP contribution < -0.4 is 10.6 Å². The molecule has 1 aliphatic rings. The standard InChI is InChI=1S/C14H29N3O.HI/c1-4-12(3)17-14(15-5-2)16-9-6-10-18-11-13-7-8-13;/h12-13H,4-11H2,1-3H3,(H2,15,16,17);1H. The van der Waals surface area contributed by atoms with Crippen LogP contribution in [0.25, 0.3) is 0 Å². The van der Waals surface area contributed by atoms with E-state index in [4.69, 9.17) is 4.74 Å². The lowest BCUT2D eigenvalue weighted by Crippen LogP contribution is -2.42. The van der Waals surface area contributed by atoms with E-state index in [1.54, 1.807) is 0 Å². The summed E-state index contributed by atoms with van der Waals surface area (Å²) in [6.07, 6.45) is 4.84. The van der Waals surface area contributed by atoms with Crippen LogP contribution in [-0.4, -0.2) is 38.3 Å². The number of rotatable bonds is 9. The molecule has 0 spiro atoms. The molecule has 0 saturated heterocycles. The van der Waals surface area contributed by atoms with Gasteiger partial charge in [0.2, 0.25) is 0 Å². The first-order chi connectivity index (χ1) is 8.76. The highest BCUT2D eigenvalue weighted by Crippen LogP contribution is 2.28. The summed E-state index contributed by atoms with van der Waals surface area (Å²) in [5.74, 6) is 1.78. The monoisotopic (exact) mass is 383 g/mol. The lowest BCUT2D eigenvalue weighted by Gasteiger charge is -2.16. The number of ether oxygens (including phenoxy) is 1. The van der Waals surface area contributed by atoms with Crippen LogP contribution >= 0.6 is 24.0 Å². The largest absolute Gasteiger partial charge is 0.381 e. The molecule has 0 bridgehead atoms. The van der Waals surface area contributed by atoms with Gasteiger partial charge in [-0.2, -0.15) is 0 Å². The maximum Gasteiger partial charge on any atom is 0.191 e. The number of nitrogens with one attached hydrogen (secondary N) is 2. The van der Waals surface area contributed by atoms with Crippen molar-refractivity contribution in [3.8, 4) is 0 Å². The molecule has 0 aromatic carbocycles. The molecule has 0 aromatic rings. The van der Waals surface area contributed by atoms with Gasteiger partial charge >= 0.3 is 0 Å². The van der Waals surface area contributed by atoms with Gasteiger partial charge in [-0.3, -0.25) is 4.99 Å². The molecule has 19 heavy (non-hydrogen) atoms. The lowest BCUT2D eigenvalue weighted by atomic mass is 10.3. The maximum atomic E-state index is 5.59. The van der Waals surface area contributed by atoms with Gasteiger partial charge in [-0.15, -0.1) is 24.0 Å². The van der Waals surface area contributed by atoms with Crippen molar-refractivity contribution in [2.45, 2.75) is 52.5 Å². The Hall–Kier alpha value is -0.0400. The fourth-order valence-electron chi connectivity index (χ4n) is 1.55. The van der Waals surface area contributed by atoms with Gasteiger partial charge in [-0.1, -0.05) is 6.92 Å². The zero-order chi connectivity index (χ0) is 13.2. The van der Waals surface area contributed by atoms with Crippen molar-refractivity contribution in [2.24, 2.45) is 10.9 Å².